The highest BCUT2D eigenvalue weighted by atomic mass is 16.5. The van der Waals surface area contributed by atoms with E-state index in [1.54, 1.807) is 0 Å². The van der Waals surface area contributed by atoms with Crippen LogP contribution in [0.25, 0.3) is 0 Å². The lowest BCUT2D eigenvalue weighted by molar-refractivity contribution is 0.0738. The van der Waals surface area contributed by atoms with Crippen molar-refractivity contribution in [1.29, 1.82) is 0 Å². The minimum Gasteiger partial charge on any atom is -0.377 e. The molecule has 0 aromatic heterocycles. The molecule has 0 bridgehead atoms. The van der Waals surface area contributed by atoms with Crippen LogP contribution in [0.5, 0.6) is 0 Å². The molecule has 0 spiro atoms. The molecule has 1 fully saturated rings. The third kappa shape index (κ3) is 3.63. The molecule has 13 heavy (non-hydrogen) atoms. The monoisotopic (exact) mass is 186 g/mol. The zero-order valence-electron chi connectivity index (χ0n) is 8.75. The Balaban J connectivity index is 2.24. The fourth-order valence-electron chi connectivity index (χ4n) is 1.81. The Bertz CT molecular complexity index is 133. The molecule has 0 amide bonds. The van der Waals surface area contributed by atoms with Gasteiger partial charge >= 0.3 is 0 Å². The SMILES string of the molecule is CC(C)CCC(NN)C1CCCO1. The zero-order chi connectivity index (χ0) is 9.68. The normalized spacial score (nSPS) is 25.4. The quantitative estimate of drug-likeness (QED) is 0.504. The molecular formula is C10H22N2O. The van der Waals surface area contributed by atoms with Crippen LogP contribution in [0.1, 0.15) is 39.5 Å². The highest BCUT2D eigenvalue weighted by Crippen LogP contribution is 2.19. The van der Waals surface area contributed by atoms with Crippen molar-refractivity contribution in [2.45, 2.75) is 51.7 Å². The van der Waals surface area contributed by atoms with E-state index in [-0.39, 0.29) is 0 Å². The maximum atomic E-state index is 5.60. The molecule has 0 aromatic carbocycles. The van der Waals surface area contributed by atoms with Crippen LogP contribution in [0.3, 0.4) is 0 Å². The van der Waals surface area contributed by atoms with Crippen LogP contribution in [0, 0.1) is 5.92 Å². The first-order valence-electron chi connectivity index (χ1n) is 5.31. The Morgan fingerprint density at radius 2 is 2.23 bits per heavy atom. The van der Waals surface area contributed by atoms with E-state index in [9.17, 15) is 0 Å². The van der Waals surface area contributed by atoms with Crippen LogP contribution < -0.4 is 11.3 Å². The first-order chi connectivity index (χ1) is 6.24. The van der Waals surface area contributed by atoms with E-state index < -0.39 is 0 Å². The summed E-state index contributed by atoms with van der Waals surface area (Å²) in [7, 11) is 0. The van der Waals surface area contributed by atoms with Gasteiger partial charge in [0, 0.05) is 12.6 Å². The van der Waals surface area contributed by atoms with E-state index in [0.29, 0.717) is 12.1 Å². The van der Waals surface area contributed by atoms with E-state index in [1.807, 2.05) is 0 Å². The highest BCUT2D eigenvalue weighted by molar-refractivity contribution is 4.78. The first kappa shape index (κ1) is 11.0. The second-order valence-corrected chi connectivity index (χ2v) is 4.30. The Hall–Kier alpha value is -0.120. The largest absolute Gasteiger partial charge is 0.377 e. The molecule has 1 aliphatic rings. The number of nitrogens with one attached hydrogen (secondary N) is 1. The number of ether oxygens (including phenoxy) is 1. The molecular weight excluding hydrogens is 164 g/mol. The van der Waals surface area contributed by atoms with Crippen molar-refractivity contribution in [2.75, 3.05) is 6.61 Å². The van der Waals surface area contributed by atoms with Crippen LogP contribution in [0.2, 0.25) is 0 Å². The van der Waals surface area contributed by atoms with E-state index in [2.05, 4.69) is 19.3 Å². The van der Waals surface area contributed by atoms with Crippen LogP contribution in [0.15, 0.2) is 0 Å². The van der Waals surface area contributed by atoms with Gasteiger partial charge in [-0.3, -0.25) is 11.3 Å². The van der Waals surface area contributed by atoms with Crippen molar-refractivity contribution >= 4 is 0 Å². The molecule has 1 heterocycles. The van der Waals surface area contributed by atoms with Crippen molar-refractivity contribution < 1.29 is 4.74 Å². The minimum atomic E-state index is 0.351. The van der Waals surface area contributed by atoms with Gasteiger partial charge in [0.1, 0.15) is 0 Å². The van der Waals surface area contributed by atoms with Crippen molar-refractivity contribution in [3.05, 3.63) is 0 Å². The Labute approximate surface area is 81.0 Å². The van der Waals surface area contributed by atoms with Gasteiger partial charge in [-0.2, -0.15) is 0 Å². The van der Waals surface area contributed by atoms with E-state index in [1.165, 1.54) is 12.8 Å². The standard InChI is InChI=1S/C10H22N2O/c1-8(2)5-6-9(12-11)10-4-3-7-13-10/h8-10,12H,3-7,11H2,1-2H3. The third-order valence-corrected chi connectivity index (χ3v) is 2.68. The fraction of sp³-hybridized carbons (Fsp3) is 1.00. The van der Waals surface area contributed by atoms with Crippen LogP contribution >= 0.6 is 0 Å². The van der Waals surface area contributed by atoms with Crippen molar-refractivity contribution in [2.24, 2.45) is 11.8 Å². The molecule has 0 saturated carbocycles. The lowest BCUT2D eigenvalue weighted by Gasteiger charge is -2.22. The van der Waals surface area contributed by atoms with Crippen LogP contribution in [-0.2, 0) is 4.74 Å². The Morgan fingerprint density at radius 3 is 2.69 bits per heavy atom. The summed E-state index contributed by atoms with van der Waals surface area (Å²) in [6.45, 7) is 5.39. The van der Waals surface area contributed by atoms with Crippen LogP contribution in [0.4, 0.5) is 0 Å². The molecule has 78 valence electrons. The molecule has 1 saturated heterocycles. The lowest BCUT2D eigenvalue weighted by Crippen LogP contribution is -2.43. The van der Waals surface area contributed by atoms with Crippen molar-refractivity contribution in [3.8, 4) is 0 Å². The summed E-state index contributed by atoms with van der Waals surface area (Å²) in [4.78, 5) is 0. The van der Waals surface area contributed by atoms with E-state index in [0.717, 1.165) is 25.4 Å². The maximum absolute atomic E-state index is 5.60. The molecule has 0 aliphatic carbocycles. The van der Waals surface area contributed by atoms with Gasteiger partial charge in [-0.05, 0) is 31.6 Å². The zero-order valence-corrected chi connectivity index (χ0v) is 8.75. The molecule has 0 radical (unpaired) electrons. The summed E-state index contributed by atoms with van der Waals surface area (Å²) in [6, 6.07) is 0.352. The van der Waals surface area contributed by atoms with Gasteiger partial charge in [-0.15, -0.1) is 0 Å². The summed E-state index contributed by atoms with van der Waals surface area (Å²) < 4.78 is 5.60. The van der Waals surface area contributed by atoms with Crippen LogP contribution in [-0.4, -0.2) is 18.8 Å². The fourth-order valence-corrected chi connectivity index (χ4v) is 1.81. The molecule has 3 nitrogen and oxygen atoms in total. The molecule has 3 heteroatoms. The van der Waals surface area contributed by atoms with Gasteiger partial charge < -0.3 is 4.74 Å². The summed E-state index contributed by atoms with van der Waals surface area (Å²) in [6.07, 6.45) is 5.04. The first-order valence-corrected chi connectivity index (χ1v) is 5.31. The number of hydrogen-bond acceptors (Lipinski definition) is 3. The summed E-state index contributed by atoms with van der Waals surface area (Å²) >= 11 is 0. The minimum absolute atomic E-state index is 0.351. The third-order valence-electron chi connectivity index (χ3n) is 2.68. The van der Waals surface area contributed by atoms with Gasteiger partial charge in [0.05, 0.1) is 6.10 Å². The summed E-state index contributed by atoms with van der Waals surface area (Å²) in [5.74, 6) is 6.26. The second-order valence-electron chi connectivity index (χ2n) is 4.30. The van der Waals surface area contributed by atoms with Gasteiger partial charge in [-0.1, -0.05) is 13.8 Å². The maximum Gasteiger partial charge on any atom is 0.0742 e. The van der Waals surface area contributed by atoms with Crippen molar-refractivity contribution in [3.63, 3.8) is 0 Å². The van der Waals surface area contributed by atoms with Gasteiger partial charge in [-0.25, -0.2) is 0 Å². The van der Waals surface area contributed by atoms with E-state index >= 15 is 0 Å². The predicted octanol–water partition coefficient (Wildman–Crippen LogP) is 1.43. The molecule has 0 aromatic rings. The number of hydrogen-bond donors (Lipinski definition) is 2. The van der Waals surface area contributed by atoms with Gasteiger partial charge in [0.15, 0.2) is 0 Å². The van der Waals surface area contributed by atoms with Gasteiger partial charge in [0.25, 0.3) is 0 Å². The van der Waals surface area contributed by atoms with Gasteiger partial charge in [0.2, 0.25) is 0 Å². The predicted molar refractivity (Wildman–Crippen MR) is 54.2 cm³/mol. The van der Waals surface area contributed by atoms with Crippen molar-refractivity contribution in [1.82, 2.24) is 5.43 Å². The summed E-state index contributed by atoms with van der Waals surface area (Å²) in [5.41, 5.74) is 2.87. The Kier molecular flexibility index (Phi) is 4.70. The van der Waals surface area contributed by atoms with E-state index in [4.69, 9.17) is 10.6 Å². The molecule has 1 rings (SSSR count). The molecule has 3 N–H and O–H groups in total. The smallest absolute Gasteiger partial charge is 0.0742 e. The average Bonchev–Trinajstić information content (AvgIpc) is 2.58. The lowest BCUT2D eigenvalue weighted by atomic mass is 9.99. The average molecular weight is 186 g/mol. The Morgan fingerprint density at radius 1 is 1.46 bits per heavy atom. The number of rotatable bonds is 5. The molecule has 2 atom stereocenters. The number of nitrogens with two attached hydrogens (primary N) is 1. The number of hydrazine groups is 1. The molecule has 2 unspecified atom stereocenters. The summed E-state index contributed by atoms with van der Waals surface area (Å²) in [5, 5.41) is 0. The topological polar surface area (TPSA) is 47.3 Å². The highest BCUT2D eigenvalue weighted by Gasteiger charge is 2.24. The second kappa shape index (κ2) is 5.58. The molecule has 1 aliphatic heterocycles.